The summed E-state index contributed by atoms with van der Waals surface area (Å²) in [5, 5.41) is -0.178. The van der Waals surface area contributed by atoms with Crippen LogP contribution in [-0.2, 0) is 10.0 Å². The van der Waals surface area contributed by atoms with Gasteiger partial charge in [0.05, 0.1) is 21.4 Å². The van der Waals surface area contributed by atoms with Crippen LogP contribution >= 0.6 is 23.2 Å². The van der Waals surface area contributed by atoms with E-state index in [1.165, 1.54) is 6.07 Å². The summed E-state index contributed by atoms with van der Waals surface area (Å²) in [7, 11) is -4.17. The monoisotopic (exact) mass is 352 g/mol. The first-order valence-corrected chi connectivity index (χ1v) is 7.67. The van der Waals surface area contributed by atoms with Crippen molar-refractivity contribution in [2.75, 3.05) is 10.5 Å². The topological polar surface area (TPSA) is 72.2 Å². The van der Waals surface area contributed by atoms with Crippen LogP contribution in [0.4, 0.5) is 20.2 Å². The fraction of sp³-hybridized carbons (Fsp3) is 0. The Balaban J connectivity index is 2.46. The molecule has 0 amide bonds. The van der Waals surface area contributed by atoms with E-state index in [0.717, 1.165) is 18.2 Å². The molecule has 0 atom stereocenters. The van der Waals surface area contributed by atoms with Crippen LogP contribution in [0, 0.1) is 11.6 Å². The van der Waals surface area contributed by atoms with Crippen molar-refractivity contribution in [2.45, 2.75) is 4.90 Å². The minimum atomic E-state index is -4.17. The fourth-order valence-corrected chi connectivity index (χ4v) is 3.39. The number of benzene rings is 2. The van der Waals surface area contributed by atoms with Crippen LogP contribution in [0.25, 0.3) is 0 Å². The molecule has 0 aliphatic heterocycles. The van der Waals surface area contributed by atoms with Gasteiger partial charge in [-0.1, -0.05) is 23.2 Å². The van der Waals surface area contributed by atoms with Crippen molar-refractivity contribution in [3.8, 4) is 0 Å². The first kappa shape index (κ1) is 15.8. The largest absolute Gasteiger partial charge is 0.396 e. The van der Waals surface area contributed by atoms with E-state index in [0.29, 0.717) is 6.07 Å². The zero-order valence-electron chi connectivity index (χ0n) is 10.2. The van der Waals surface area contributed by atoms with Crippen molar-refractivity contribution >= 4 is 44.6 Å². The number of anilines is 2. The zero-order valence-corrected chi connectivity index (χ0v) is 12.5. The predicted octanol–water partition coefficient (Wildman–Crippen LogP) is 3.65. The minimum Gasteiger partial charge on any atom is -0.396 e. The Morgan fingerprint density at radius 1 is 1.05 bits per heavy atom. The molecule has 2 aromatic carbocycles. The molecule has 0 radical (unpaired) electrons. The van der Waals surface area contributed by atoms with Gasteiger partial charge < -0.3 is 5.73 Å². The number of nitrogen functional groups attached to an aromatic ring is 1. The van der Waals surface area contributed by atoms with Crippen molar-refractivity contribution in [1.82, 2.24) is 0 Å². The molecule has 0 bridgehead atoms. The van der Waals surface area contributed by atoms with Crippen molar-refractivity contribution in [3.63, 3.8) is 0 Å². The average molecular weight is 353 g/mol. The SMILES string of the molecule is Nc1c(Cl)ccc(S(=O)(=O)Nc2cc(F)cc(F)c2)c1Cl. The zero-order chi connectivity index (χ0) is 15.8. The minimum absolute atomic E-state index is 0.0933. The molecule has 0 aromatic heterocycles. The molecule has 112 valence electrons. The lowest BCUT2D eigenvalue weighted by molar-refractivity contribution is 0.584. The molecule has 0 unspecified atom stereocenters. The van der Waals surface area contributed by atoms with E-state index in [1.54, 1.807) is 0 Å². The highest BCUT2D eigenvalue weighted by Gasteiger charge is 2.21. The fourth-order valence-electron chi connectivity index (χ4n) is 1.58. The smallest absolute Gasteiger partial charge is 0.263 e. The highest BCUT2D eigenvalue weighted by atomic mass is 35.5. The van der Waals surface area contributed by atoms with Gasteiger partial charge in [-0.2, -0.15) is 0 Å². The second-order valence-corrected chi connectivity index (χ2v) is 6.47. The third-order valence-corrected chi connectivity index (χ3v) is 4.77. The number of nitrogens with one attached hydrogen (secondary N) is 1. The maximum absolute atomic E-state index is 13.1. The van der Waals surface area contributed by atoms with E-state index in [-0.39, 0.29) is 26.3 Å². The lowest BCUT2D eigenvalue weighted by Gasteiger charge is -2.11. The van der Waals surface area contributed by atoms with Crippen LogP contribution in [0.3, 0.4) is 0 Å². The predicted molar refractivity (Wildman–Crippen MR) is 78.0 cm³/mol. The summed E-state index contributed by atoms with van der Waals surface area (Å²) < 4.78 is 52.5. The molecule has 0 spiro atoms. The first-order valence-electron chi connectivity index (χ1n) is 5.43. The summed E-state index contributed by atoms with van der Waals surface area (Å²) in [5.74, 6) is -1.84. The Bertz CT molecular complexity index is 793. The van der Waals surface area contributed by atoms with E-state index in [1.807, 2.05) is 4.72 Å². The van der Waals surface area contributed by atoms with E-state index < -0.39 is 21.7 Å². The molecule has 3 N–H and O–H groups in total. The molecule has 21 heavy (non-hydrogen) atoms. The second-order valence-electron chi connectivity index (χ2n) is 4.04. The maximum Gasteiger partial charge on any atom is 0.263 e. The number of halogens is 4. The van der Waals surface area contributed by atoms with Gasteiger partial charge in [0.15, 0.2) is 0 Å². The van der Waals surface area contributed by atoms with Crippen molar-refractivity contribution in [3.05, 3.63) is 52.0 Å². The van der Waals surface area contributed by atoms with Gasteiger partial charge in [-0.3, -0.25) is 4.72 Å². The highest BCUT2D eigenvalue weighted by Crippen LogP contribution is 2.34. The molecule has 0 saturated carbocycles. The van der Waals surface area contributed by atoms with Crippen LogP contribution < -0.4 is 10.5 Å². The second kappa shape index (κ2) is 5.67. The van der Waals surface area contributed by atoms with E-state index >= 15 is 0 Å². The molecule has 0 saturated heterocycles. The Morgan fingerprint density at radius 3 is 2.19 bits per heavy atom. The van der Waals surface area contributed by atoms with Gasteiger partial charge in [-0.05, 0) is 24.3 Å². The molecule has 2 rings (SSSR count). The number of hydrogen-bond acceptors (Lipinski definition) is 3. The third kappa shape index (κ3) is 3.37. The molecular formula is C12H8Cl2F2N2O2S. The van der Waals surface area contributed by atoms with Gasteiger partial charge in [-0.25, -0.2) is 17.2 Å². The third-order valence-electron chi connectivity index (χ3n) is 2.50. The summed E-state index contributed by atoms with van der Waals surface area (Å²) in [6.45, 7) is 0. The molecule has 0 aliphatic carbocycles. The van der Waals surface area contributed by atoms with Crippen molar-refractivity contribution in [1.29, 1.82) is 0 Å². The van der Waals surface area contributed by atoms with E-state index in [4.69, 9.17) is 28.9 Å². The van der Waals surface area contributed by atoms with Crippen LogP contribution in [0.2, 0.25) is 10.0 Å². The van der Waals surface area contributed by atoms with Gasteiger partial charge in [0, 0.05) is 6.07 Å². The van der Waals surface area contributed by atoms with Crippen LogP contribution in [0.15, 0.2) is 35.2 Å². The maximum atomic E-state index is 13.1. The molecular weight excluding hydrogens is 345 g/mol. The summed E-state index contributed by atoms with van der Waals surface area (Å²) in [4.78, 5) is -0.351. The summed E-state index contributed by atoms with van der Waals surface area (Å²) in [6, 6.07) is 4.66. The summed E-state index contributed by atoms with van der Waals surface area (Å²) >= 11 is 11.5. The Kier molecular flexibility index (Phi) is 4.27. The van der Waals surface area contributed by atoms with Crippen LogP contribution in [-0.4, -0.2) is 8.42 Å². The number of sulfonamides is 1. The van der Waals surface area contributed by atoms with Crippen LogP contribution in [0.1, 0.15) is 0 Å². The molecule has 2 aromatic rings. The molecule has 0 fully saturated rings. The normalized spacial score (nSPS) is 11.4. The lowest BCUT2D eigenvalue weighted by Crippen LogP contribution is -2.14. The van der Waals surface area contributed by atoms with Crippen molar-refractivity contribution in [2.24, 2.45) is 0 Å². The molecule has 4 nitrogen and oxygen atoms in total. The lowest BCUT2D eigenvalue weighted by atomic mass is 10.3. The van der Waals surface area contributed by atoms with Gasteiger partial charge in [0.25, 0.3) is 10.0 Å². The number of rotatable bonds is 3. The quantitative estimate of drug-likeness (QED) is 0.828. The Hall–Kier alpha value is -1.57. The Morgan fingerprint density at radius 2 is 1.62 bits per heavy atom. The summed E-state index contributed by atoms with van der Waals surface area (Å²) in [6.07, 6.45) is 0. The van der Waals surface area contributed by atoms with Gasteiger partial charge in [0.2, 0.25) is 0 Å². The van der Waals surface area contributed by atoms with E-state index in [9.17, 15) is 17.2 Å². The molecule has 9 heteroatoms. The number of nitrogens with two attached hydrogens (primary N) is 1. The molecule has 0 heterocycles. The molecule has 0 aliphatic rings. The van der Waals surface area contributed by atoms with Gasteiger partial charge >= 0.3 is 0 Å². The van der Waals surface area contributed by atoms with Crippen molar-refractivity contribution < 1.29 is 17.2 Å². The Labute approximate surface area is 129 Å². The summed E-state index contributed by atoms with van der Waals surface area (Å²) in [5.41, 5.74) is 5.16. The standard InChI is InChI=1S/C12H8Cl2F2N2O2S/c13-9-1-2-10(11(14)12(9)17)21(19,20)18-8-4-6(15)3-7(16)5-8/h1-5,18H,17H2. The highest BCUT2D eigenvalue weighted by molar-refractivity contribution is 7.92. The average Bonchev–Trinajstić information content (AvgIpc) is 2.33. The van der Waals surface area contributed by atoms with E-state index in [2.05, 4.69) is 0 Å². The first-order chi connectivity index (χ1) is 9.70. The number of hydrogen-bond donors (Lipinski definition) is 2. The van der Waals surface area contributed by atoms with Gasteiger partial charge in [-0.15, -0.1) is 0 Å². The van der Waals surface area contributed by atoms with Crippen LogP contribution in [0.5, 0.6) is 0 Å². The van der Waals surface area contributed by atoms with Gasteiger partial charge in [0.1, 0.15) is 16.5 Å².